The molecular weight excluding hydrogens is 477 g/mol. The Balaban J connectivity index is 1.56. The first kappa shape index (κ1) is 26.3. The molecule has 1 saturated carbocycles. The number of anilines is 3. The molecule has 194 valence electrons. The number of hydrogen-bond donors (Lipinski definition) is 4. The highest BCUT2D eigenvalue weighted by atomic mass is 32.1. The van der Waals surface area contributed by atoms with Gasteiger partial charge >= 0.3 is 0 Å². The SMILES string of the molecule is CCCCC1CCCC1Nc1cc(Nc2ccc3ncsc3c2)ncc1C(=O)NC[C@@H](F)C(C)(C)O. The average molecular weight is 514 g/mol. The number of hydrogen-bond acceptors (Lipinski definition) is 7. The van der Waals surface area contributed by atoms with Crippen LogP contribution in [0.3, 0.4) is 0 Å². The Labute approximate surface area is 215 Å². The van der Waals surface area contributed by atoms with Crippen molar-refractivity contribution in [3.05, 3.63) is 41.5 Å². The number of aromatic nitrogens is 2. The molecule has 3 atom stereocenters. The van der Waals surface area contributed by atoms with Crippen molar-refractivity contribution >= 4 is 44.7 Å². The molecule has 2 heterocycles. The van der Waals surface area contributed by atoms with Gasteiger partial charge in [0.25, 0.3) is 5.91 Å². The predicted molar refractivity (Wildman–Crippen MR) is 145 cm³/mol. The van der Waals surface area contributed by atoms with Gasteiger partial charge in [0.05, 0.1) is 39.1 Å². The molecule has 7 nitrogen and oxygen atoms in total. The van der Waals surface area contributed by atoms with Crippen LogP contribution in [0.2, 0.25) is 0 Å². The molecule has 2 aromatic heterocycles. The third kappa shape index (κ3) is 6.50. The predicted octanol–water partition coefficient (Wildman–Crippen LogP) is 6.04. The van der Waals surface area contributed by atoms with Crippen LogP contribution in [0.25, 0.3) is 10.2 Å². The minimum absolute atomic E-state index is 0.275. The van der Waals surface area contributed by atoms with Gasteiger partial charge in [0.1, 0.15) is 12.0 Å². The molecule has 1 amide bonds. The molecule has 4 rings (SSSR count). The van der Waals surface area contributed by atoms with Crippen LogP contribution in [0, 0.1) is 5.92 Å². The van der Waals surface area contributed by atoms with Gasteiger partial charge in [-0.2, -0.15) is 0 Å². The number of nitrogens with one attached hydrogen (secondary N) is 3. The van der Waals surface area contributed by atoms with E-state index in [1.165, 1.54) is 32.9 Å². The van der Waals surface area contributed by atoms with Crippen molar-refractivity contribution in [1.29, 1.82) is 0 Å². The van der Waals surface area contributed by atoms with E-state index in [-0.39, 0.29) is 12.6 Å². The van der Waals surface area contributed by atoms with Crippen LogP contribution in [-0.4, -0.2) is 45.3 Å². The van der Waals surface area contributed by atoms with E-state index in [9.17, 15) is 14.3 Å². The zero-order valence-electron chi connectivity index (χ0n) is 21.2. The largest absolute Gasteiger partial charge is 0.387 e. The average Bonchev–Trinajstić information content (AvgIpc) is 3.49. The minimum Gasteiger partial charge on any atom is -0.387 e. The highest BCUT2D eigenvalue weighted by molar-refractivity contribution is 7.16. The van der Waals surface area contributed by atoms with Gasteiger partial charge in [-0.15, -0.1) is 11.3 Å². The molecule has 1 fully saturated rings. The fourth-order valence-corrected chi connectivity index (χ4v) is 5.39. The van der Waals surface area contributed by atoms with Crippen LogP contribution in [0.1, 0.15) is 69.7 Å². The molecule has 1 aliphatic rings. The molecule has 0 radical (unpaired) electrons. The van der Waals surface area contributed by atoms with Crippen LogP contribution in [0.5, 0.6) is 0 Å². The monoisotopic (exact) mass is 513 g/mol. The van der Waals surface area contributed by atoms with Crippen molar-refractivity contribution in [3.8, 4) is 0 Å². The Kier molecular flexibility index (Phi) is 8.41. The maximum absolute atomic E-state index is 14.3. The molecule has 2 unspecified atom stereocenters. The minimum atomic E-state index is -1.58. The number of nitrogens with zero attached hydrogens (tertiary/aromatic N) is 2. The summed E-state index contributed by atoms with van der Waals surface area (Å²) in [6, 6.07) is 8.06. The molecule has 9 heteroatoms. The maximum atomic E-state index is 14.3. The fraction of sp³-hybridized carbons (Fsp3) is 0.519. The zero-order valence-corrected chi connectivity index (χ0v) is 22.0. The molecule has 0 saturated heterocycles. The molecule has 0 bridgehead atoms. The van der Waals surface area contributed by atoms with E-state index in [1.807, 2.05) is 29.8 Å². The van der Waals surface area contributed by atoms with Crippen LogP contribution < -0.4 is 16.0 Å². The summed E-state index contributed by atoms with van der Waals surface area (Å²) in [6.07, 6.45) is 6.85. The van der Waals surface area contributed by atoms with Crippen molar-refractivity contribution in [2.24, 2.45) is 5.92 Å². The third-order valence-electron chi connectivity index (χ3n) is 6.89. The molecule has 4 N–H and O–H groups in total. The normalized spacial score (nSPS) is 18.8. The van der Waals surface area contributed by atoms with Crippen LogP contribution in [0.15, 0.2) is 36.0 Å². The van der Waals surface area contributed by atoms with Gasteiger partial charge in [-0.25, -0.2) is 14.4 Å². The fourth-order valence-electron chi connectivity index (χ4n) is 4.67. The van der Waals surface area contributed by atoms with E-state index in [4.69, 9.17) is 0 Å². The van der Waals surface area contributed by atoms with E-state index in [1.54, 1.807) is 11.3 Å². The number of rotatable bonds is 11. The Hall–Kier alpha value is -2.78. The second-order valence-electron chi connectivity index (χ2n) is 10.2. The summed E-state index contributed by atoms with van der Waals surface area (Å²) in [6.45, 7) is 4.70. The molecule has 0 spiro atoms. The number of fused-ring (bicyclic) bond motifs is 1. The smallest absolute Gasteiger partial charge is 0.255 e. The highest BCUT2D eigenvalue weighted by Crippen LogP contribution is 2.34. The van der Waals surface area contributed by atoms with Gasteiger partial charge in [-0.1, -0.05) is 26.2 Å². The summed E-state index contributed by atoms with van der Waals surface area (Å²) in [5.74, 6) is 0.753. The Morgan fingerprint density at radius 1 is 1.28 bits per heavy atom. The van der Waals surface area contributed by atoms with E-state index in [0.717, 1.165) is 41.6 Å². The number of halogens is 1. The Morgan fingerprint density at radius 3 is 2.89 bits per heavy atom. The lowest BCUT2D eigenvalue weighted by molar-refractivity contribution is -0.00177. The van der Waals surface area contributed by atoms with Gasteiger partial charge < -0.3 is 21.1 Å². The lowest BCUT2D eigenvalue weighted by atomic mass is 9.96. The van der Waals surface area contributed by atoms with Gasteiger partial charge in [-0.3, -0.25) is 4.79 Å². The van der Waals surface area contributed by atoms with Gasteiger partial charge in [0.15, 0.2) is 0 Å². The summed E-state index contributed by atoms with van der Waals surface area (Å²) in [7, 11) is 0. The van der Waals surface area contributed by atoms with Crippen LogP contribution in [-0.2, 0) is 0 Å². The number of benzene rings is 1. The number of carbonyl (C=O) groups excluding carboxylic acids is 1. The molecule has 3 aromatic rings. The molecule has 0 aliphatic heterocycles. The summed E-state index contributed by atoms with van der Waals surface area (Å²) < 4.78 is 15.3. The lowest BCUT2D eigenvalue weighted by Crippen LogP contribution is -2.42. The first-order valence-corrected chi connectivity index (χ1v) is 13.6. The Morgan fingerprint density at radius 2 is 2.11 bits per heavy atom. The molecule has 1 aromatic carbocycles. The summed E-state index contributed by atoms with van der Waals surface area (Å²) in [4.78, 5) is 21.8. The van der Waals surface area contributed by atoms with Crippen molar-refractivity contribution in [3.63, 3.8) is 0 Å². The van der Waals surface area contributed by atoms with E-state index in [0.29, 0.717) is 23.0 Å². The van der Waals surface area contributed by atoms with Crippen molar-refractivity contribution in [2.75, 3.05) is 17.2 Å². The number of amides is 1. The maximum Gasteiger partial charge on any atom is 0.255 e. The quantitative estimate of drug-likeness (QED) is 0.249. The van der Waals surface area contributed by atoms with Crippen LogP contribution >= 0.6 is 11.3 Å². The summed E-state index contributed by atoms with van der Waals surface area (Å²) in [5.41, 5.74) is 3.16. The number of aliphatic hydroxyl groups is 1. The molecule has 36 heavy (non-hydrogen) atoms. The first-order valence-electron chi connectivity index (χ1n) is 12.8. The van der Waals surface area contributed by atoms with Gasteiger partial charge in [-0.05, 0) is 57.2 Å². The van der Waals surface area contributed by atoms with E-state index in [2.05, 4.69) is 32.8 Å². The van der Waals surface area contributed by atoms with Gasteiger partial charge in [0, 0.05) is 24.0 Å². The van der Waals surface area contributed by atoms with E-state index < -0.39 is 17.7 Å². The number of carbonyl (C=O) groups is 1. The number of unbranched alkanes of at least 4 members (excludes halogenated alkanes) is 1. The van der Waals surface area contributed by atoms with Crippen molar-refractivity contribution in [2.45, 2.75) is 77.1 Å². The highest BCUT2D eigenvalue weighted by Gasteiger charge is 2.29. The number of pyridine rings is 1. The second-order valence-corrected chi connectivity index (χ2v) is 11.1. The third-order valence-corrected chi connectivity index (χ3v) is 7.68. The van der Waals surface area contributed by atoms with Crippen molar-refractivity contribution in [1.82, 2.24) is 15.3 Å². The first-order chi connectivity index (χ1) is 17.2. The lowest BCUT2D eigenvalue weighted by Gasteiger charge is -2.25. The summed E-state index contributed by atoms with van der Waals surface area (Å²) in [5, 5.41) is 19.5. The number of alkyl halides is 1. The topological polar surface area (TPSA) is 99.2 Å². The number of thiazole rings is 1. The van der Waals surface area contributed by atoms with Crippen LogP contribution in [0.4, 0.5) is 21.6 Å². The summed E-state index contributed by atoms with van der Waals surface area (Å²) >= 11 is 1.57. The molecule has 1 aliphatic carbocycles. The standard InChI is InChI=1S/C27H36FN5O2S/c1-4-5-7-17-8-6-9-20(17)33-22-13-25(32-18-10-11-21-23(12-18)36-16-31-21)29-14-19(22)26(34)30-15-24(28)27(2,3)35/h10-14,16-17,20,24,35H,4-9,15H2,1-3H3,(H,30,34)(H2,29,32,33)/t17?,20?,24-/m1/s1. The second kappa shape index (κ2) is 11.5. The Bertz CT molecular complexity index is 1180. The van der Waals surface area contributed by atoms with E-state index >= 15 is 0 Å². The van der Waals surface area contributed by atoms with Gasteiger partial charge in [0.2, 0.25) is 0 Å². The molecular formula is C27H36FN5O2S. The zero-order chi connectivity index (χ0) is 25.7. The van der Waals surface area contributed by atoms with Crippen molar-refractivity contribution < 1.29 is 14.3 Å².